The van der Waals surface area contributed by atoms with E-state index >= 15 is 0 Å². The molecular formula is C28H25BrClFN6O2. The molecule has 2 amide bonds. The van der Waals surface area contributed by atoms with E-state index in [-0.39, 0.29) is 11.8 Å². The van der Waals surface area contributed by atoms with Crippen molar-refractivity contribution in [3.63, 3.8) is 0 Å². The Morgan fingerprint density at radius 2 is 1.79 bits per heavy atom. The van der Waals surface area contributed by atoms with Gasteiger partial charge in [-0.2, -0.15) is 0 Å². The van der Waals surface area contributed by atoms with Crippen LogP contribution in [-0.2, 0) is 6.54 Å². The average molecular weight is 612 g/mol. The zero-order valence-corrected chi connectivity index (χ0v) is 23.2. The van der Waals surface area contributed by atoms with Crippen LogP contribution in [0.1, 0.15) is 32.8 Å². The monoisotopic (exact) mass is 610 g/mol. The SMILES string of the molecule is O=C(Nc1cccc(C(=O)N2CCCN(Cc3cn(-c4ccc(Br)cc4Cl)nn3)CC2)c1)c1ccc(F)cc1. The number of nitrogens with zero attached hydrogens (tertiary/aromatic N) is 5. The zero-order chi connectivity index (χ0) is 27.4. The van der Waals surface area contributed by atoms with Gasteiger partial charge in [-0.25, -0.2) is 9.07 Å². The fraction of sp³-hybridized carbons (Fsp3) is 0.214. The first kappa shape index (κ1) is 27.0. The molecule has 0 bridgehead atoms. The molecule has 1 aliphatic heterocycles. The Kier molecular flexibility index (Phi) is 8.35. The Morgan fingerprint density at radius 3 is 2.59 bits per heavy atom. The number of carbonyl (C=O) groups excluding carboxylic acids is 2. The molecule has 0 unspecified atom stereocenters. The molecule has 3 aromatic carbocycles. The summed E-state index contributed by atoms with van der Waals surface area (Å²) in [6, 6.07) is 17.8. The molecule has 0 aliphatic carbocycles. The fourth-order valence-electron chi connectivity index (χ4n) is 4.43. The first-order chi connectivity index (χ1) is 18.9. The Hall–Kier alpha value is -3.60. The number of aromatic nitrogens is 3. The van der Waals surface area contributed by atoms with Gasteiger partial charge >= 0.3 is 0 Å². The van der Waals surface area contributed by atoms with Crippen LogP contribution >= 0.6 is 27.5 Å². The first-order valence-electron chi connectivity index (χ1n) is 12.4. The van der Waals surface area contributed by atoms with Crippen LogP contribution in [0.5, 0.6) is 0 Å². The van der Waals surface area contributed by atoms with Crippen LogP contribution < -0.4 is 5.32 Å². The number of amides is 2. The third kappa shape index (κ3) is 6.70. The van der Waals surface area contributed by atoms with Crippen LogP contribution in [0.2, 0.25) is 5.02 Å². The van der Waals surface area contributed by atoms with Gasteiger partial charge in [-0.15, -0.1) is 5.10 Å². The Bertz CT molecular complexity index is 1500. The van der Waals surface area contributed by atoms with Crippen molar-refractivity contribution in [1.82, 2.24) is 24.8 Å². The molecule has 11 heteroatoms. The molecule has 1 fully saturated rings. The van der Waals surface area contributed by atoms with Gasteiger partial charge < -0.3 is 10.2 Å². The van der Waals surface area contributed by atoms with Crippen LogP contribution in [0.25, 0.3) is 5.69 Å². The lowest BCUT2D eigenvalue weighted by Crippen LogP contribution is -2.35. The number of anilines is 1. The summed E-state index contributed by atoms with van der Waals surface area (Å²) in [5.41, 5.74) is 2.90. The van der Waals surface area contributed by atoms with E-state index in [1.54, 1.807) is 28.9 Å². The summed E-state index contributed by atoms with van der Waals surface area (Å²) in [5.74, 6) is -0.873. The largest absolute Gasteiger partial charge is 0.337 e. The number of carbonyl (C=O) groups is 2. The molecule has 8 nitrogen and oxygen atoms in total. The Balaban J connectivity index is 1.19. The predicted molar refractivity (Wildman–Crippen MR) is 151 cm³/mol. The lowest BCUT2D eigenvalue weighted by atomic mass is 10.1. The molecule has 4 aromatic rings. The van der Waals surface area contributed by atoms with Gasteiger partial charge in [-0.3, -0.25) is 14.5 Å². The highest BCUT2D eigenvalue weighted by atomic mass is 79.9. The molecule has 0 saturated carbocycles. The van der Waals surface area contributed by atoms with Crippen LogP contribution in [0.4, 0.5) is 10.1 Å². The van der Waals surface area contributed by atoms with Gasteiger partial charge in [0.2, 0.25) is 0 Å². The quantitative estimate of drug-likeness (QED) is 0.315. The molecule has 0 spiro atoms. The van der Waals surface area contributed by atoms with E-state index in [1.165, 1.54) is 24.3 Å². The maximum atomic E-state index is 13.3. The molecule has 39 heavy (non-hydrogen) atoms. The lowest BCUT2D eigenvalue weighted by molar-refractivity contribution is 0.0760. The number of halogens is 3. The normalized spacial score (nSPS) is 14.2. The van der Waals surface area contributed by atoms with Gasteiger partial charge in [-0.1, -0.05) is 38.8 Å². The highest BCUT2D eigenvalue weighted by molar-refractivity contribution is 9.10. The van der Waals surface area contributed by atoms with Gasteiger partial charge in [0.25, 0.3) is 11.8 Å². The van der Waals surface area contributed by atoms with E-state index < -0.39 is 5.82 Å². The second-order valence-corrected chi connectivity index (χ2v) is 10.5. The second-order valence-electron chi connectivity index (χ2n) is 9.21. The first-order valence-corrected chi connectivity index (χ1v) is 13.6. The van der Waals surface area contributed by atoms with Crippen molar-refractivity contribution in [2.24, 2.45) is 0 Å². The lowest BCUT2D eigenvalue weighted by Gasteiger charge is -2.22. The van der Waals surface area contributed by atoms with Crippen LogP contribution in [-0.4, -0.2) is 62.8 Å². The van der Waals surface area contributed by atoms with E-state index in [1.807, 2.05) is 29.3 Å². The van der Waals surface area contributed by atoms with Crippen LogP contribution in [0, 0.1) is 5.82 Å². The van der Waals surface area contributed by atoms with E-state index in [0.29, 0.717) is 48.0 Å². The minimum atomic E-state index is -0.410. The molecule has 1 aliphatic rings. The van der Waals surface area contributed by atoms with Crippen molar-refractivity contribution >= 4 is 45.0 Å². The number of hydrogen-bond donors (Lipinski definition) is 1. The Morgan fingerprint density at radius 1 is 0.974 bits per heavy atom. The smallest absolute Gasteiger partial charge is 0.255 e. The number of hydrogen-bond acceptors (Lipinski definition) is 5. The van der Waals surface area contributed by atoms with Crippen molar-refractivity contribution in [3.05, 3.63) is 105 Å². The van der Waals surface area contributed by atoms with E-state index in [2.05, 4.69) is 36.5 Å². The van der Waals surface area contributed by atoms with Crippen molar-refractivity contribution in [2.45, 2.75) is 13.0 Å². The van der Waals surface area contributed by atoms with Crippen molar-refractivity contribution < 1.29 is 14.0 Å². The maximum Gasteiger partial charge on any atom is 0.255 e. The summed E-state index contributed by atoms with van der Waals surface area (Å²) in [6.45, 7) is 3.32. The minimum Gasteiger partial charge on any atom is -0.337 e. The average Bonchev–Trinajstić information content (AvgIpc) is 3.25. The van der Waals surface area contributed by atoms with E-state index in [4.69, 9.17) is 11.6 Å². The summed E-state index contributed by atoms with van der Waals surface area (Å²) >= 11 is 9.76. The molecule has 5 rings (SSSR count). The summed E-state index contributed by atoms with van der Waals surface area (Å²) in [4.78, 5) is 29.9. The van der Waals surface area contributed by atoms with Crippen LogP contribution in [0.3, 0.4) is 0 Å². The fourth-order valence-corrected chi connectivity index (χ4v) is 5.19. The topological polar surface area (TPSA) is 83.4 Å². The van der Waals surface area contributed by atoms with E-state index in [9.17, 15) is 14.0 Å². The van der Waals surface area contributed by atoms with Crippen molar-refractivity contribution in [3.8, 4) is 5.69 Å². The summed E-state index contributed by atoms with van der Waals surface area (Å²) in [6.07, 6.45) is 2.69. The van der Waals surface area contributed by atoms with Gasteiger partial charge in [-0.05, 0) is 67.1 Å². The molecule has 0 radical (unpaired) electrons. The molecule has 200 valence electrons. The number of rotatable bonds is 6. The number of benzene rings is 3. The molecule has 1 aromatic heterocycles. The summed E-state index contributed by atoms with van der Waals surface area (Å²) in [7, 11) is 0. The molecular weight excluding hydrogens is 587 g/mol. The van der Waals surface area contributed by atoms with Crippen molar-refractivity contribution in [1.29, 1.82) is 0 Å². The van der Waals surface area contributed by atoms with Crippen molar-refractivity contribution in [2.75, 3.05) is 31.5 Å². The zero-order valence-electron chi connectivity index (χ0n) is 20.9. The predicted octanol–water partition coefficient (Wildman–Crippen LogP) is 5.42. The van der Waals surface area contributed by atoms with Crippen LogP contribution in [0.15, 0.2) is 77.4 Å². The highest BCUT2D eigenvalue weighted by Crippen LogP contribution is 2.24. The number of nitrogens with one attached hydrogen (secondary N) is 1. The summed E-state index contributed by atoms with van der Waals surface area (Å²) < 4.78 is 15.7. The molecule has 2 heterocycles. The molecule has 1 N–H and O–H groups in total. The highest BCUT2D eigenvalue weighted by Gasteiger charge is 2.22. The third-order valence-electron chi connectivity index (χ3n) is 6.43. The second kappa shape index (κ2) is 12.1. The van der Waals surface area contributed by atoms with Gasteiger partial charge in [0, 0.05) is 54.0 Å². The van der Waals surface area contributed by atoms with Gasteiger partial charge in [0.1, 0.15) is 5.82 Å². The molecule has 0 atom stereocenters. The third-order valence-corrected chi connectivity index (χ3v) is 7.23. The summed E-state index contributed by atoms with van der Waals surface area (Å²) in [5, 5.41) is 11.9. The Labute approximate surface area is 238 Å². The van der Waals surface area contributed by atoms with Gasteiger partial charge in [0.05, 0.1) is 22.6 Å². The minimum absolute atomic E-state index is 0.0921. The maximum absolute atomic E-state index is 13.3. The molecule has 1 saturated heterocycles. The van der Waals surface area contributed by atoms with Gasteiger partial charge in [0.15, 0.2) is 0 Å². The standard InChI is InChI=1S/C28H25BrClFN6O2/c29-21-7-10-26(25(30)16-21)37-18-24(33-34-37)17-35-11-2-12-36(14-13-35)28(39)20-3-1-4-23(15-20)32-27(38)19-5-8-22(31)9-6-19/h1,3-10,15-16,18H,2,11-14,17H2,(H,32,38). The van der Waals surface area contributed by atoms with E-state index in [0.717, 1.165) is 28.8 Å².